The molecule has 0 saturated heterocycles. The number of rotatable bonds is 2. The van der Waals surface area contributed by atoms with Gasteiger partial charge in [0.15, 0.2) is 0 Å². The molecule has 2 aromatic rings. The minimum absolute atomic E-state index is 0.0111. The Morgan fingerprint density at radius 1 is 1.38 bits per heavy atom. The van der Waals surface area contributed by atoms with E-state index < -0.39 is 5.97 Å². The average molecular weight is 178 g/mol. The quantitative estimate of drug-likeness (QED) is 0.737. The Hall–Kier alpha value is -1.91. The van der Waals surface area contributed by atoms with Crippen molar-refractivity contribution in [1.82, 2.24) is 10.3 Å². The smallest absolute Gasteiger partial charge is 0.307 e. The summed E-state index contributed by atoms with van der Waals surface area (Å²) in [5, 5.41) is 15.7. The lowest BCUT2D eigenvalue weighted by Crippen LogP contribution is -1.99. The first-order valence-corrected chi connectivity index (χ1v) is 3.69. The molecule has 0 aliphatic heterocycles. The molecule has 1 aromatic carbocycles. The molecule has 0 bridgehead atoms. The van der Waals surface area contributed by atoms with Crippen molar-refractivity contribution in [3.63, 3.8) is 0 Å². The van der Waals surface area contributed by atoms with E-state index in [-0.39, 0.29) is 6.42 Å². The van der Waals surface area contributed by atoms with Crippen LogP contribution < -0.4 is 0 Å². The number of fused-ring (bicyclic) bond motifs is 1. The molecule has 1 heterocycles. The molecule has 0 aliphatic rings. The zero-order valence-electron chi connectivity index (χ0n) is 6.60. The maximum atomic E-state index is 10.4. The molecule has 0 spiro atoms. The predicted octanol–water partition coefficient (Wildman–Crippen LogP) is 0.850. The third kappa shape index (κ3) is 1.48. The first kappa shape index (κ1) is 7.72. The number of aliphatic carboxylic acids is 1. The topological polar surface area (TPSA) is 76.2 Å². The first-order chi connectivity index (χ1) is 6.25. The summed E-state index contributed by atoms with van der Waals surface area (Å²) in [5.74, 6) is -0.865. The van der Waals surface area contributed by atoms with Crippen LogP contribution in [-0.4, -0.2) is 21.4 Å². The zero-order chi connectivity index (χ0) is 9.26. The van der Waals surface area contributed by atoms with Crippen LogP contribution in [-0.2, 0) is 11.2 Å². The van der Waals surface area contributed by atoms with Gasteiger partial charge in [-0.2, -0.15) is 0 Å². The lowest BCUT2D eigenvalue weighted by Gasteiger charge is -1.93. The number of benzene rings is 1. The number of carboxylic acid groups (broad SMARTS) is 1. The Kier molecular flexibility index (Phi) is 1.70. The van der Waals surface area contributed by atoms with Gasteiger partial charge in [-0.1, -0.05) is 6.07 Å². The summed E-state index contributed by atoms with van der Waals surface area (Å²) >= 11 is 0. The summed E-state index contributed by atoms with van der Waals surface area (Å²) in [6.45, 7) is 0. The Morgan fingerprint density at radius 3 is 2.92 bits per heavy atom. The highest BCUT2D eigenvalue weighted by Crippen LogP contribution is 2.11. The van der Waals surface area contributed by atoms with Crippen LogP contribution in [0.3, 0.4) is 0 Å². The molecular weight excluding hydrogens is 172 g/mol. The Morgan fingerprint density at radius 2 is 2.15 bits per heavy atom. The standard InChI is InChI=1S/C8H6N2O3/c11-8(12)4-5-1-2-6-7(3-5)10-13-9-6/h1-3H,4H2,(H,11,12). The normalized spacial score (nSPS) is 10.5. The van der Waals surface area contributed by atoms with E-state index in [0.717, 1.165) is 0 Å². The predicted molar refractivity (Wildman–Crippen MR) is 43.1 cm³/mol. The van der Waals surface area contributed by atoms with E-state index in [9.17, 15) is 4.79 Å². The molecule has 1 aromatic heterocycles. The second kappa shape index (κ2) is 2.85. The highest BCUT2D eigenvalue weighted by atomic mass is 16.6. The largest absolute Gasteiger partial charge is 0.481 e. The van der Waals surface area contributed by atoms with Gasteiger partial charge in [0.25, 0.3) is 0 Å². The third-order valence-corrected chi connectivity index (χ3v) is 1.67. The molecule has 1 N–H and O–H groups in total. The summed E-state index contributed by atoms with van der Waals surface area (Å²) in [5.41, 5.74) is 1.91. The van der Waals surface area contributed by atoms with E-state index in [0.29, 0.717) is 16.6 Å². The zero-order valence-corrected chi connectivity index (χ0v) is 6.60. The first-order valence-electron chi connectivity index (χ1n) is 3.69. The van der Waals surface area contributed by atoms with Crippen LogP contribution in [0, 0.1) is 0 Å². The fourth-order valence-electron chi connectivity index (χ4n) is 1.11. The van der Waals surface area contributed by atoms with Crippen LogP contribution >= 0.6 is 0 Å². The Labute approximate surface area is 72.9 Å². The van der Waals surface area contributed by atoms with Crippen LogP contribution in [0.5, 0.6) is 0 Å². The molecule has 0 amide bonds. The van der Waals surface area contributed by atoms with Gasteiger partial charge >= 0.3 is 5.97 Å². The maximum absolute atomic E-state index is 10.4. The molecule has 0 aliphatic carbocycles. The molecule has 0 saturated carbocycles. The van der Waals surface area contributed by atoms with Crippen LogP contribution in [0.1, 0.15) is 5.56 Å². The number of carboxylic acids is 1. The second-order valence-corrected chi connectivity index (χ2v) is 2.66. The van der Waals surface area contributed by atoms with E-state index in [4.69, 9.17) is 5.11 Å². The number of nitrogens with zero attached hydrogens (tertiary/aromatic N) is 2. The second-order valence-electron chi connectivity index (χ2n) is 2.66. The van der Waals surface area contributed by atoms with Gasteiger partial charge in [0.1, 0.15) is 11.0 Å². The van der Waals surface area contributed by atoms with Gasteiger partial charge in [0.05, 0.1) is 6.42 Å². The summed E-state index contributed by atoms with van der Waals surface area (Å²) < 4.78 is 4.48. The monoisotopic (exact) mass is 178 g/mol. The van der Waals surface area contributed by atoms with E-state index in [1.807, 2.05) is 0 Å². The van der Waals surface area contributed by atoms with Gasteiger partial charge in [-0.05, 0) is 28.0 Å². The highest BCUT2D eigenvalue weighted by molar-refractivity contribution is 5.76. The highest BCUT2D eigenvalue weighted by Gasteiger charge is 2.04. The lowest BCUT2D eigenvalue weighted by atomic mass is 10.1. The van der Waals surface area contributed by atoms with Crippen LogP contribution in [0.15, 0.2) is 22.8 Å². The molecule has 0 unspecified atom stereocenters. The van der Waals surface area contributed by atoms with Crippen molar-refractivity contribution in [3.8, 4) is 0 Å². The molecular formula is C8H6N2O3. The molecule has 0 atom stereocenters. The molecule has 66 valence electrons. The molecule has 0 fully saturated rings. The summed E-state index contributed by atoms with van der Waals surface area (Å²) in [6, 6.07) is 5.03. The van der Waals surface area contributed by atoms with E-state index >= 15 is 0 Å². The maximum Gasteiger partial charge on any atom is 0.307 e. The van der Waals surface area contributed by atoms with Crippen molar-refractivity contribution in [3.05, 3.63) is 23.8 Å². The minimum atomic E-state index is -0.865. The van der Waals surface area contributed by atoms with Crippen LogP contribution in [0.4, 0.5) is 0 Å². The van der Waals surface area contributed by atoms with Crippen molar-refractivity contribution in [2.24, 2.45) is 0 Å². The lowest BCUT2D eigenvalue weighted by molar-refractivity contribution is -0.136. The van der Waals surface area contributed by atoms with E-state index in [1.54, 1.807) is 18.2 Å². The van der Waals surface area contributed by atoms with E-state index in [2.05, 4.69) is 14.9 Å². The molecule has 5 heteroatoms. The van der Waals surface area contributed by atoms with Gasteiger partial charge in [-0.15, -0.1) is 0 Å². The van der Waals surface area contributed by atoms with E-state index in [1.165, 1.54) is 0 Å². The van der Waals surface area contributed by atoms with Crippen molar-refractivity contribution in [1.29, 1.82) is 0 Å². The fraction of sp³-hybridized carbons (Fsp3) is 0.125. The van der Waals surface area contributed by atoms with Gasteiger partial charge in [0.2, 0.25) is 0 Å². The number of carbonyl (C=O) groups is 1. The van der Waals surface area contributed by atoms with Gasteiger partial charge in [-0.25, -0.2) is 4.63 Å². The molecule has 13 heavy (non-hydrogen) atoms. The Balaban J connectivity index is 2.42. The average Bonchev–Trinajstić information content (AvgIpc) is 2.49. The fourth-order valence-corrected chi connectivity index (χ4v) is 1.11. The summed E-state index contributed by atoms with van der Waals surface area (Å²) in [7, 11) is 0. The minimum Gasteiger partial charge on any atom is -0.481 e. The molecule has 2 rings (SSSR count). The van der Waals surface area contributed by atoms with Gasteiger partial charge in [0, 0.05) is 0 Å². The van der Waals surface area contributed by atoms with Crippen LogP contribution in [0.2, 0.25) is 0 Å². The van der Waals surface area contributed by atoms with Crippen molar-refractivity contribution in [2.75, 3.05) is 0 Å². The summed E-state index contributed by atoms with van der Waals surface area (Å²) in [4.78, 5) is 10.4. The molecule has 0 radical (unpaired) electrons. The van der Waals surface area contributed by atoms with Crippen LogP contribution in [0.25, 0.3) is 11.0 Å². The third-order valence-electron chi connectivity index (χ3n) is 1.67. The van der Waals surface area contributed by atoms with Gasteiger partial charge in [-0.3, -0.25) is 4.79 Å². The number of hydrogen-bond donors (Lipinski definition) is 1. The summed E-state index contributed by atoms with van der Waals surface area (Å²) in [6.07, 6.45) is -0.0111. The van der Waals surface area contributed by atoms with Crippen molar-refractivity contribution in [2.45, 2.75) is 6.42 Å². The Bertz CT molecular complexity index is 449. The van der Waals surface area contributed by atoms with Crippen molar-refractivity contribution < 1.29 is 14.5 Å². The van der Waals surface area contributed by atoms with Crippen molar-refractivity contribution >= 4 is 17.0 Å². The SMILES string of the molecule is O=C(O)Cc1ccc2nonc2c1. The van der Waals surface area contributed by atoms with Gasteiger partial charge < -0.3 is 5.11 Å². The number of hydrogen-bond acceptors (Lipinski definition) is 4. The molecule has 5 nitrogen and oxygen atoms in total. The number of aromatic nitrogens is 2.